The van der Waals surface area contributed by atoms with Crippen molar-refractivity contribution >= 4 is 17.3 Å². The Morgan fingerprint density at radius 3 is 2.38 bits per heavy atom. The molecule has 0 aliphatic carbocycles. The molecule has 0 unspecified atom stereocenters. The highest BCUT2D eigenvalue weighted by Crippen LogP contribution is 2.17. The van der Waals surface area contributed by atoms with Crippen LogP contribution < -0.4 is 15.4 Å². The average Bonchev–Trinajstić information content (AvgIpc) is 2.67. The molecule has 0 aliphatic rings. The number of benzene rings is 3. The van der Waals surface area contributed by atoms with E-state index in [9.17, 15) is 4.79 Å². The summed E-state index contributed by atoms with van der Waals surface area (Å²) in [4.78, 5) is 12.3. The fourth-order valence-electron chi connectivity index (χ4n) is 2.67. The molecular formula is C22H22N2O2. The zero-order valence-corrected chi connectivity index (χ0v) is 15.0. The molecule has 3 aromatic rings. The highest BCUT2D eigenvalue weighted by atomic mass is 16.5. The number of ether oxygens (including phenoxy) is 1. The van der Waals surface area contributed by atoms with Crippen LogP contribution in [0.2, 0.25) is 0 Å². The number of carbonyl (C=O) groups is 1. The zero-order valence-electron chi connectivity index (χ0n) is 15.0. The summed E-state index contributed by atoms with van der Waals surface area (Å²) >= 11 is 0. The summed E-state index contributed by atoms with van der Waals surface area (Å²) in [6.45, 7) is 2.85. The number of aryl methyl sites for hydroxylation is 1. The monoisotopic (exact) mass is 346 g/mol. The Bertz CT molecular complexity index is 889. The van der Waals surface area contributed by atoms with Gasteiger partial charge in [0.1, 0.15) is 5.75 Å². The Hall–Kier alpha value is -3.27. The second-order valence-corrected chi connectivity index (χ2v) is 6.11. The lowest BCUT2D eigenvalue weighted by Crippen LogP contribution is -2.11. The SMILES string of the molecule is COc1cccc(C(=O)Nc2ccc(NCc3cccc(C)c3)cc2)c1. The molecule has 0 radical (unpaired) electrons. The predicted octanol–water partition coefficient (Wildman–Crippen LogP) is 4.87. The van der Waals surface area contributed by atoms with Crippen LogP contribution in [0.1, 0.15) is 21.5 Å². The molecular weight excluding hydrogens is 324 g/mol. The number of nitrogens with one attached hydrogen (secondary N) is 2. The van der Waals surface area contributed by atoms with E-state index in [1.807, 2.05) is 30.3 Å². The van der Waals surface area contributed by atoms with Gasteiger partial charge in [-0.15, -0.1) is 0 Å². The van der Waals surface area contributed by atoms with Gasteiger partial charge in [-0.1, -0.05) is 35.9 Å². The molecule has 4 nitrogen and oxygen atoms in total. The van der Waals surface area contributed by atoms with Crippen molar-refractivity contribution in [2.45, 2.75) is 13.5 Å². The highest BCUT2D eigenvalue weighted by Gasteiger charge is 2.07. The maximum absolute atomic E-state index is 12.3. The third-order valence-corrected chi connectivity index (χ3v) is 4.05. The van der Waals surface area contributed by atoms with Crippen LogP contribution in [0.3, 0.4) is 0 Å². The first-order valence-electron chi connectivity index (χ1n) is 8.49. The number of hydrogen-bond donors (Lipinski definition) is 2. The molecule has 2 N–H and O–H groups in total. The quantitative estimate of drug-likeness (QED) is 0.669. The summed E-state index contributed by atoms with van der Waals surface area (Å²) in [7, 11) is 1.58. The van der Waals surface area contributed by atoms with Crippen LogP contribution in [0, 0.1) is 6.92 Å². The second-order valence-electron chi connectivity index (χ2n) is 6.11. The Kier molecular flexibility index (Phi) is 5.54. The lowest BCUT2D eigenvalue weighted by Gasteiger charge is -2.10. The van der Waals surface area contributed by atoms with Gasteiger partial charge in [-0.05, 0) is 55.0 Å². The lowest BCUT2D eigenvalue weighted by molar-refractivity contribution is 0.102. The lowest BCUT2D eigenvalue weighted by atomic mass is 10.1. The van der Waals surface area contributed by atoms with Crippen molar-refractivity contribution in [3.05, 3.63) is 89.5 Å². The van der Waals surface area contributed by atoms with Gasteiger partial charge in [0.2, 0.25) is 0 Å². The number of methoxy groups -OCH3 is 1. The summed E-state index contributed by atoms with van der Waals surface area (Å²) in [5, 5.41) is 6.28. The van der Waals surface area contributed by atoms with Gasteiger partial charge in [0.25, 0.3) is 5.91 Å². The van der Waals surface area contributed by atoms with Crippen molar-refractivity contribution in [2.24, 2.45) is 0 Å². The molecule has 0 atom stereocenters. The van der Waals surface area contributed by atoms with E-state index in [0.717, 1.165) is 17.9 Å². The maximum Gasteiger partial charge on any atom is 0.255 e. The predicted molar refractivity (Wildman–Crippen MR) is 106 cm³/mol. The van der Waals surface area contributed by atoms with Gasteiger partial charge in [0.05, 0.1) is 7.11 Å². The fraction of sp³-hybridized carbons (Fsp3) is 0.136. The second kappa shape index (κ2) is 8.21. The number of carbonyl (C=O) groups excluding carboxylic acids is 1. The molecule has 0 aliphatic heterocycles. The molecule has 0 saturated carbocycles. The van der Waals surface area contributed by atoms with Gasteiger partial charge >= 0.3 is 0 Å². The smallest absolute Gasteiger partial charge is 0.255 e. The fourth-order valence-corrected chi connectivity index (χ4v) is 2.67. The number of hydrogen-bond acceptors (Lipinski definition) is 3. The Morgan fingerprint density at radius 2 is 1.65 bits per heavy atom. The first-order valence-corrected chi connectivity index (χ1v) is 8.49. The molecule has 0 fully saturated rings. The first kappa shape index (κ1) is 17.5. The molecule has 0 heterocycles. The first-order chi connectivity index (χ1) is 12.6. The van der Waals surface area contributed by atoms with Crippen molar-refractivity contribution in [1.82, 2.24) is 0 Å². The van der Waals surface area contributed by atoms with Crippen LogP contribution in [0.5, 0.6) is 5.75 Å². The summed E-state index contributed by atoms with van der Waals surface area (Å²) in [6.07, 6.45) is 0. The van der Waals surface area contributed by atoms with Crippen LogP contribution in [-0.2, 0) is 6.54 Å². The van der Waals surface area contributed by atoms with Crippen LogP contribution in [0.25, 0.3) is 0 Å². The molecule has 0 spiro atoms. The van der Waals surface area contributed by atoms with Crippen LogP contribution in [-0.4, -0.2) is 13.0 Å². The van der Waals surface area contributed by atoms with Gasteiger partial charge in [0, 0.05) is 23.5 Å². The minimum absolute atomic E-state index is 0.163. The van der Waals surface area contributed by atoms with Gasteiger partial charge in [-0.3, -0.25) is 4.79 Å². The van der Waals surface area contributed by atoms with Crippen molar-refractivity contribution in [1.29, 1.82) is 0 Å². The molecule has 0 bridgehead atoms. The normalized spacial score (nSPS) is 10.2. The summed E-state index contributed by atoms with van der Waals surface area (Å²) < 4.78 is 5.15. The average molecular weight is 346 g/mol. The van der Waals surface area contributed by atoms with E-state index >= 15 is 0 Å². The van der Waals surface area contributed by atoms with Crippen molar-refractivity contribution in [3.63, 3.8) is 0 Å². The van der Waals surface area contributed by atoms with E-state index < -0.39 is 0 Å². The van der Waals surface area contributed by atoms with E-state index in [2.05, 4.69) is 41.8 Å². The van der Waals surface area contributed by atoms with Gasteiger partial charge in [-0.2, -0.15) is 0 Å². The third-order valence-electron chi connectivity index (χ3n) is 4.05. The highest BCUT2D eigenvalue weighted by molar-refractivity contribution is 6.04. The largest absolute Gasteiger partial charge is 0.497 e. The van der Waals surface area contributed by atoms with Gasteiger partial charge in [0.15, 0.2) is 0 Å². The molecule has 0 saturated heterocycles. The molecule has 4 heteroatoms. The van der Waals surface area contributed by atoms with E-state index in [1.54, 1.807) is 25.3 Å². The topological polar surface area (TPSA) is 50.4 Å². The number of rotatable bonds is 6. The maximum atomic E-state index is 12.3. The molecule has 1 amide bonds. The van der Waals surface area contributed by atoms with Crippen LogP contribution in [0.4, 0.5) is 11.4 Å². The minimum Gasteiger partial charge on any atom is -0.497 e. The Morgan fingerprint density at radius 1 is 0.923 bits per heavy atom. The molecule has 0 aromatic heterocycles. The third kappa shape index (κ3) is 4.63. The minimum atomic E-state index is -0.163. The number of amides is 1. The standard InChI is InChI=1S/C22H22N2O2/c1-16-5-3-6-17(13-16)15-23-19-9-11-20(12-10-19)24-22(25)18-7-4-8-21(14-18)26-2/h3-14,23H,15H2,1-2H3,(H,24,25). The van der Waals surface area contributed by atoms with Crippen LogP contribution in [0.15, 0.2) is 72.8 Å². The Labute approximate surface area is 153 Å². The summed E-state index contributed by atoms with van der Waals surface area (Å²) in [6, 6.07) is 23.2. The van der Waals surface area contributed by atoms with Crippen LogP contribution >= 0.6 is 0 Å². The zero-order chi connectivity index (χ0) is 18.4. The van der Waals surface area contributed by atoms with Crippen molar-refractivity contribution in [2.75, 3.05) is 17.7 Å². The molecule has 3 rings (SSSR count). The molecule has 26 heavy (non-hydrogen) atoms. The van der Waals surface area contributed by atoms with Crippen molar-refractivity contribution in [3.8, 4) is 5.75 Å². The summed E-state index contributed by atoms with van der Waals surface area (Å²) in [5.41, 5.74) is 4.80. The summed E-state index contributed by atoms with van der Waals surface area (Å²) in [5.74, 6) is 0.498. The van der Waals surface area contributed by atoms with Gasteiger partial charge in [-0.25, -0.2) is 0 Å². The van der Waals surface area contributed by atoms with E-state index in [4.69, 9.17) is 4.74 Å². The van der Waals surface area contributed by atoms with Gasteiger partial charge < -0.3 is 15.4 Å². The molecule has 132 valence electrons. The van der Waals surface area contributed by atoms with E-state index in [1.165, 1.54) is 11.1 Å². The molecule has 3 aromatic carbocycles. The van der Waals surface area contributed by atoms with Crippen molar-refractivity contribution < 1.29 is 9.53 Å². The van der Waals surface area contributed by atoms with E-state index in [-0.39, 0.29) is 5.91 Å². The number of anilines is 2. The Balaban J connectivity index is 1.59. The van der Waals surface area contributed by atoms with E-state index in [0.29, 0.717) is 11.3 Å².